The van der Waals surface area contributed by atoms with Gasteiger partial charge in [-0.2, -0.15) is 0 Å². The number of rotatable bonds is 5. The van der Waals surface area contributed by atoms with Crippen molar-refractivity contribution in [2.24, 2.45) is 13.0 Å². The number of pyridine rings is 1. The first kappa shape index (κ1) is 18.4. The Kier molecular flexibility index (Phi) is 5.01. The van der Waals surface area contributed by atoms with Gasteiger partial charge in [0.2, 0.25) is 0 Å². The molecule has 1 amide bonds. The lowest BCUT2D eigenvalue weighted by atomic mass is 9.75. The van der Waals surface area contributed by atoms with Crippen molar-refractivity contribution in [2.45, 2.75) is 31.4 Å². The molecule has 1 saturated carbocycles. The van der Waals surface area contributed by atoms with Gasteiger partial charge in [-0.05, 0) is 48.3 Å². The highest BCUT2D eigenvalue weighted by atomic mass is 16.3. The van der Waals surface area contributed by atoms with Crippen LogP contribution in [-0.4, -0.2) is 27.7 Å². The second-order valence-electron chi connectivity index (χ2n) is 7.64. The van der Waals surface area contributed by atoms with Crippen LogP contribution in [0.2, 0.25) is 0 Å². The Morgan fingerprint density at radius 1 is 1.14 bits per heavy atom. The number of aryl methyl sites for hydroxylation is 1. The molecule has 0 bridgehead atoms. The third-order valence-electron chi connectivity index (χ3n) is 5.71. The van der Waals surface area contributed by atoms with Gasteiger partial charge >= 0.3 is 0 Å². The third kappa shape index (κ3) is 3.58. The summed E-state index contributed by atoms with van der Waals surface area (Å²) >= 11 is 0. The van der Waals surface area contributed by atoms with Crippen LogP contribution < -0.4 is 10.9 Å². The van der Waals surface area contributed by atoms with Crippen LogP contribution in [0.5, 0.6) is 0 Å². The minimum Gasteiger partial charge on any atom is -0.393 e. The Hall–Kier alpha value is -2.92. The van der Waals surface area contributed by atoms with Gasteiger partial charge in [0, 0.05) is 13.1 Å². The number of carbonyl (C=O) groups is 1. The van der Waals surface area contributed by atoms with Crippen LogP contribution in [0.1, 0.15) is 28.8 Å². The predicted molar refractivity (Wildman–Crippen MR) is 109 cm³/mol. The van der Waals surface area contributed by atoms with E-state index in [1.807, 2.05) is 54.6 Å². The van der Waals surface area contributed by atoms with Crippen LogP contribution in [0.15, 0.2) is 65.5 Å². The average Bonchev–Trinajstić information content (AvgIpc) is 2.68. The van der Waals surface area contributed by atoms with Crippen LogP contribution >= 0.6 is 0 Å². The average molecular weight is 376 g/mol. The number of para-hydroxylation sites is 1. The fourth-order valence-electron chi connectivity index (χ4n) is 3.99. The lowest BCUT2D eigenvalue weighted by Crippen LogP contribution is -2.49. The standard InChI is InChI=1S/C23H24N2O3/c1-25-21-10-6-5-9-16(21)14-19(23(25)28)22(27)24-20(17-12-18(26)13-17)11-15-7-3-2-4-8-15/h2-10,14,17-18,20,26H,11-13H2,1H3,(H,24,27)/t17?,18?,20-/m0/s1. The molecular weight excluding hydrogens is 352 g/mol. The number of aliphatic hydroxyl groups is 1. The molecule has 0 radical (unpaired) electrons. The smallest absolute Gasteiger partial charge is 0.263 e. The molecule has 0 spiro atoms. The van der Waals surface area contributed by atoms with E-state index in [-0.39, 0.29) is 35.1 Å². The maximum absolute atomic E-state index is 13.0. The molecule has 5 nitrogen and oxygen atoms in total. The van der Waals surface area contributed by atoms with Gasteiger partial charge in [0.05, 0.1) is 11.6 Å². The van der Waals surface area contributed by atoms with Crippen molar-refractivity contribution >= 4 is 16.8 Å². The Morgan fingerprint density at radius 2 is 1.82 bits per heavy atom. The van der Waals surface area contributed by atoms with Gasteiger partial charge in [-0.25, -0.2) is 0 Å². The van der Waals surface area contributed by atoms with Crippen molar-refractivity contribution < 1.29 is 9.90 Å². The number of benzene rings is 2. The van der Waals surface area contributed by atoms with E-state index < -0.39 is 0 Å². The molecular formula is C23H24N2O3. The van der Waals surface area contributed by atoms with Crippen molar-refractivity contribution in [1.82, 2.24) is 9.88 Å². The zero-order valence-electron chi connectivity index (χ0n) is 15.8. The Morgan fingerprint density at radius 3 is 2.54 bits per heavy atom. The molecule has 3 aromatic rings. The summed E-state index contributed by atoms with van der Waals surface area (Å²) in [6.45, 7) is 0. The highest BCUT2D eigenvalue weighted by Gasteiger charge is 2.35. The normalized spacial score (nSPS) is 19.8. The maximum Gasteiger partial charge on any atom is 0.263 e. The van der Waals surface area contributed by atoms with E-state index >= 15 is 0 Å². The summed E-state index contributed by atoms with van der Waals surface area (Å²) in [5.74, 6) is -0.142. The number of nitrogens with zero attached hydrogens (tertiary/aromatic N) is 1. The molecule has 1 fully saturated rings. The van der Waals surface area contributed by atoms with Gasteiger partial charge in [-0.1, -0.05) is 48.5 Å². The minimum absolute atomic E-state index is 0.116. The molecule has 1 aromatic heterocycles. The summed E-state index contributed by atoms with van der Waals surface area (Å²) in [5, 5.41) is 13.6. The van der Waals surface area contributed by atoms with E-state index in [0.29, 0.717) is 19.3 Å². The van der Waals surface area contributed by atoms with E-state index in [1.165, 1.54) is 4.57 Å². The lowest BCUT2D eigenvalue weighted by Gasteiger charge is -2.38. The molecule has 1 aliphatic carbocycles. The summed E-state index contributed by atoms with van der Waals surface area (Å²) in [5.41, 5.74) is 1.77. The minimum atomic E-state index is -0.353. The SMILES string of the molecule is Cn1c(=O)c(C(=O)N[C@@H](Cc2ccccc2)C2CC(O)C2)cc2ccccc21. The zero-order chi connectivity index (χ0) is 19.7. The first-order valence-electron chi connectivity index (χ1n) is 9.64. The van der Waals surface area contributed by atoms with E-state index in [2.05, 4.69) is 5.32 Å². The molecule has 2 aromatic carbocycles. The van der Waals surface area contributed by atoms with Crippen LogP contribution in [-0.2, 0) is 13.5 Å². The van der Waals surface area contributed by atoms with Crippen molar-refractivity contribution in [3.63, 3.8) is 0 Å². The number of nitrogens with one attached hydrogen (secondary N) is 1. The third-order valence-corrected chi connectivity index (χ3v) is 5.71. The predicted octanol–water partition coefficient (Wildman–Crippen LogP) is 2.65. The van der Waals surface area contributed by atoms with Gasteiger partial charge in [0.15, 0.2) is 0 Å². The monoisotopic (exact) mass is 376 g/mol. The number of aromatic nitrogens is 1. The fourth-order valence-corrected chi connectivity index (χ4v) is 3.99. The first-order valence-corrected chi connectivity index (χ1v) is 9.64. The molecule has 4 rings (SSSR count). The number of amides is 1. The van der Waals surface area contributed by atoms with E-state index in [1.54, 1.807) is 13.1 Å². The Balaban J connectivity index is 1.61. The van der Waals surface area contributed by atoms with E-state index in [9.17, 15) is 14.7 Å². The van der Waals surface area contributed by atoms with Crippen LogP contribution in [0.3, 0.4) is 0 Å². The molecule has 1 atom stereocenters. The van der Waals surface area contributed by atoms with Crippen molar-refractivity contribution in [3.05, 3.63) is 82.1 Å². The molecule has 1 heterocycles. The van der Waals surface area contributed by atoms with Crippen molar-refractivity contribution in [3.8, 4) is 0 Å². The fraction of sp³-hybridized carbons (Fsp3) is 0.304. The quantitative estimate of drug-likeness (QED) is 0.719. The molecule has 5 heteroatoms. The molecule has 0 unspecified atom stereocenters. The van der Waals surface area contributed by atoms with Gasteiger partial charge in [-0.3, -0.25) is 9.59 Å². The van der Waals surface area contributed by atoms with Gasteiger partial charge < -0.3 is 15.0 Å². The molecule has 144 valence electrons. The Bertz CT molecular complexity index is 1050. The summed E-state index contributed by atoms with van der Waals surface area (Å²) in [7, 11) is 1.69. The molecule has 0 aliphatic heterocycles. The van der Waals surface area contributed by atoms with E-state index in [0.717, 1.165) is 16.5 Å². The number of hydrogen-bond donors (Lipinski definition) is 2. The van der Waals surface area contributed by atoms with Crippen LogP contribution in [0.4, 0.5) is 0 Å². The largest absolute Gasteiger partial charge is 0.393 e. The van der Waals surface area contributed by atoms with Gasteiger partial charge in [0.25, 0.3) is 11.5 Å². The second kappa shape index (κ2) is 7.60. The number of carbonyl (C=O) groups excluding carboxylic acids is 1. The van der Waals surface area contributed by atoms with Gasteiger partial charge in [-0.15, -0.1) is 0 Å². The molecule has 2 N–H and O–H groups in total. The summed E-state index contributed by atoms with van der Waals surface area (Å²) in [4.78, 5) is 25.7. The highest BCUT2D eigenvalue weighted by Crippen LogP contribution is 2.32. The molecule has 0 saturated heterocycles. The van der Waals surface area contributed by atoms with Gasteiger partial charge in [0.1, 0.15) is 5.56 Å². The number of hydrogen-bond acceptors (Lipinski definition) is 3. The number of aliphatic hydroxyl groups excluding tert-OH is 1. The van der Waals surface area contributed by atoms with Crippen LogP contribution in [0.25, 0.3) is 10.9 Å². The zero-order valence-corrected chi connectivity index (χ0v) is 15.8. The topological polar surface area (TPSA) is 71.3 Å². The number of fused-ring (bicyclic) bond motifs is 1. The van der Waals surface area contributed by atoms with Crippen molar-refractivity contribution in [1.29, 1.82) is 0 Å². The first-order chi connectivity index (χ1) is 13.5. The highest BCUT2D eigenvalue weighted by molar-refractivity contribution is 5.97. The van der Waals surface area contributed by atoms with Crippen LogP contribution in [0, 0.1) is 5.92 Å². The lowest BCUT2D eigenvalue weighted by molar-refractivity contribution is 0.0239. The summed E-state index contributed by atoms with van der Waals surface area (Å²) in [6, 6.07) is 19.1. The summed E-state index contributed by atoms with van der Waals surface area (Å²) in [6.07, 6.45) is 1.73. The Labute approximate surface area is 163 Å². The maximum atomic E-state index is 13.0. The molecule has 28 heavy (non-hydrogen) atoms. The molecule has 1 aliphatic rings. The van der Waals surface area contributed by atoms with E-state index in [4.69, 9.17) is 0 Å². The second-order valence-corrected chi connectivity index (χ2v) is 7.64. The van der Waals surface area contributed by atoms with Crippen molar-refractivity contribution in [2.75, 3.05) is 0 Å². The summed E-state index contributed by atoms with van der Waals surface area (Å²) < 4.78 is 1.52.